The number of esters is 1. The number of hydrogen-bond acceptors (Lipinski definition) is 4. The zero-order chi connectivity index (χ0) is 13.3. The molecule has 0 radical (unpaired) electrons. The Morgan fingerprint density at radius 1 is 1.50 bits per heavy atom. The monoisotopic (exact) mass is 288 g/mol. The first-order valence-corrected chi connectivity index (χ1v) is 6.33. The first-order chi connectivity index (χ1) is 8.56. The number of benzene rings is 1. The van der Waals surface area contributed by atoms with Crippen molar-refractivity contribution in [3.63, 3.8) is 0 Å². The van der Waals surface area contributed by atoms with Crippen LogP contribution in [0.1, 0.15) is 18.0 Å². The van der Waals surface area contributed by atoms with Gasteiger partial charge in [-0.05, 0) is 25.6 Å². The molecule has 0 aromatic heterocycles. The fourth-order valence-corrected chi connectivity index (χ4v) is 2.84. The van der Waals surface area contributed by atoms with E-state index in [1.54, 1.807) is 12.1 Å². The van der Waals surface area contributed by atoms with Crippen LogP contribution in [0.25, 0.3) is 0 Å². The van der Waals surface area contributed by atoms with Gasteiger partial charge in [0.2, 0.25) is 0 Å². The van der Waals surface area contributed by atoms with Crippen molar-refractivity contribution in [3.8, 4) is 0 Å². The van der Waals surface area contributed by atoms with Crippen molar-refractivity contribution in [2.45, 2.75) is 18.5 Å². The van der Waals surface area contributed by atoms with Crippen LogP contribution in [0.3, 0.4) is 0 Å². The number of carbonyl (C=O) groups excluding carboxylic acids is 1. The number of nitrogens with one attached hydrogen (secondary N) is 2. The number of ether oxygens (including phenoxy) is 1. The highest BCUT2D eigenvalue weighted by atomic mass is 35.5. The molecule has 2 N–H and O–H groups in total. The molecule has 18 heavy (non-hydrogen) atoms. The van der Waals surface area contributed by atoms with Gasteiger partial charge in [-0.2, -0.15) is 0 Å². The molecule has 0 amide bonds. The molecule has 2 rings (SSSR count). The van der Waals surface area contributed by atoms with Gasteiger partial charge in [0.05, 0.1) is 7.11 Å². The van der Waals surface area contributed by atoms with E-state index in [1.165, 1.54) is 7.11 Å². The zero-order valence-corrected chi connectivity index (χ0v) is 11.6. The summed E-state index contributed by atoms with van der Waals surface area (Å²) >= 11 is 12.2. The summed E-state index contributed by atoms with van der Waals surface area (Å²) in [5.74, 6) is -0.294. The topological polar surface area (TPSA) is 50.4 Å². The minimum Gasteiger partial charge on any atom is -0.467 e. The molecule has 0 bridgehead atoms. The van der Waals surface area contributed by atoms with Gasteiger partial charge < -0.3 is 15.4 Å². The Kier molecular flexibility index (Phi) is 4.00. The molecule has 0 aliphatic carbocycles. The second kappa shape index (κ2) is 5.34. The maximum Gasteiger partial charge on any atom is 0.328 e. The summed E-state index contributed by atoms with van der Waals surface area (Å²) in [5.41, 5.74) is 1.71. The Hall–Kier alpha value is -0.970. The van der Waals surface area contributed by atoms with Gasteiger partial charge in [0.15, 0.2) is 0 Å². The van der Waals surface area contributed by atoms with Gasteiger partial charge in [-0.3, -0.25) is 0 Å². The van der Waals surface area contributed by atoms with Crippen molar-refractivity contribution in [2.24, 2.45) is 0 Å². The predicted octanol–water partition coefficient (Wildman–Crippen LogP) is 2.61. The van der Waals surface area contributed by atoms with Gasteiger partial charge in [0.25, 0.3) is 0 Å². The van der Waals surface area contributed by atoms with E-state index in [0.717, 1.165) is 11.3 Å². The number of hydrogen-bond donors (Lipinski definition) is 2. The largest absolute Gasteiger partial charge is 0.467 e. The lowest BCUT2D eigenvalue weighted by Gasteiger charge is -2.32. The molecule has 2 unspecified atom stereocenters. The molecule has 1 aromatic rings. The van der Waals surface area contributed by atoms with E-state index in [2.05, 4.69) is 10.6 Å². The van der Waals surface area contributed by atoms with Crippen LogP contribution in [-0.4, -0.2) is 26.2 Å². The summed E-state index contributed by atoms with van der Waals surface area (Å²) < 4.78 is 4.76. The van der Waals surface area contributed by atoms with Crippen molar-refractivity contribution in [1.29, 1.82) is 0 Å². The Morgan fingerprint density at radius 2 is 2.22 bits per heavy atom. The maximum absolute atomic E-state index is 11.6. The summed E-state index contributed by atoms with van der Waals surface area (Å²) in [6, 6.07) is 3.07. The number of methoxy groups -OCH3 is 1. The molecule has 4 nitrogen and oxygen atoms in total. The first-order valence-electron chi connectivity index (χ1n) is 5.57. The molecular formula is C12H14Cl2N2O2. The number of rotatable bonds is 2. The SMILES string of the molecule is CNC1CC(C(=O)OC)Nc2cc(Cl)cc(Cl)c21. The van der Waals surface area contributed by atoms with Crippen molar-refractivity contribution < 1.29 is 9.53 Å². The molecule has 6 heteroatoms. The number of halogens is 2. The molecule has 2 atom stereocenters. The van der Waals surface area contributed by atoms with E-state index < -0.39 is 6.04 Å². The fraction of sp³-hybridized carbons (Fsp3) is 0.417. The third kappa shape index (κ3) is 2.41. The minimum absolute atomic E-state index is 0.00452. The van der Waals surface area contributed by atoms with Crippen molar-refractivity contribution in [3.05, 3.63) is 27.7 Å². The summed E-state index contributed by atoms with van der Waals surface area (Å²) in [6.45, 7) is 0. The average Bonchev–Trinajstić information content (AvgIpc) is 2.35. The molecule has 1 aromatic carbocycles. The van der Waals surface area contributed by atoms with Crippen molar-refractivity contribution >= 4 is 34.9 Å². The molecule has 98 valence electrons. The smallest absolute Gasteiger partial charge is 0.328 e. The number of carbonyl (C=O) groups is 1. The predicted molar refractivity (Wildman–Crippen MR) is 72.3 cm³/mol. The third-order valence-corrected chi connectivity index (χ3v) is 3.61. The normalized spacial score (nSPS) is 22.0. The highest BCUT2D eigenvalue weighted by Crippen LogP contribution is 2.39. The lowest BCUT2D eigenvalue weighted by Crippen LogP contribution is -2.39. The first kappa shape index (κ1) is 13.5. The second-order valence-corrected chi connectivity index (χ2v) is 4.99. The minimum atomic E-state index is -0.394. The summed E-state index contributed by atoms with van der Waals surface area (Å²) in [5, 5.41) is 7.39. The Labute approximate surface area is 116 Å². The Morgan fingerprint density at radius 3 is 2.83 bits per heavy atom. The quantitative estimate of drug-likeness (QED) is 0.822. The zero-order valence-electron chi connectivity index (χ0n) is 10.1. The number of fused-ring (bicyclic) bond motifs is 1. The highest BCUT2D eigenvalue weighted by Gasteiger charge is 2.32. The van der Waals surface area contributed by atoms with Gasteiger partial charge in [-0.1, -0.05) is 23.2 Å². The van der Waals surface area contributed by atoms with Gasteiger partial charge in [-0.25, -0.2) is 4.79 Å². The van der Waals surface area contributed by atoms with Gasteiger partial charge in [-0.15, -0.1) is 0 Å². The van der Waals surface area contributed by atoms with E-state index in [4.69, 9.17) is 27.9 Å². The van der Waals surface area contributed by atoms with E-state index in [1.807, 2.05) is 7.05 Å². The molecule has 1 aliphatic heterocycles. The van der Waals surface area contributed by atoms with Crippen LogP contribution >= 0.6 is 23.2 Å². The summed E-state index contributed by atoms with van der Waals surface area (Å²) in [6.07, 6.45) is 0.581. The Bertz CT molecular complexity index is 479. The fourth-order valence-electron chi connectivity index (χ4n) is 2.22. The van der Waals surface area contributed by atoms with E-state index in [0.29, 0.717) is 16.5 Å². The van der Waals surface area contributed by atoms with Crippen LogP contribution in [0.15, 0.2) is 12.1 Å². The lowest BCUT2D eigenvalue weighted by atomic mass is 9.93. The third-order valence-electron chi connectivity index (χ3n) is 3.08. The molecule has 1 heterocycles. The second-order valence-electron chi connectivity index (χ2n) is 4.15. The van der Waals surface area contributed by atoms with Crippen molar-refractivity contribution in [2.75, 3.05) is 19.5 Å². The lowest BCUT2D eigenvalue weighted by molar-refractivity contribution is -0.141. The van der Waals surface area contributed by atoms with E-state index in [9.17, 15) is 4.79 Å². The molecule has 1 aliphatic rings. The molecule has 0 saturated heterocycles. The average molecular weight is 289 g/mol. The summed E-state index contributed by atoms with van der Waals surface area (Å²) in [7, 11) is 3.21. The van der Waals surface area contributed by atoms with Crippen LogP contribution in [0.5, 0.6) is 0 Å². The maximum atomic E-state index is 11.6. The van der Waals surface area contributed by atoms with Crippen LogP contribution in [-0.2, 0) is 9.53 Å². The molecule has 0 saturated carbocycles. The molecular weight excluding hydrogens is 275 g/mol. The van der Waals surface area contributed by atoms with Gasteiger partial charge >= 0.3 is 5.97 Å². The van der Waals surface area contributed by atoms with Crippen LogP contribution in [0, 0.1) is 0 Å². The van der Waals surface area contributed by atoms with E-state index >= 15 is 0 Å². The van der Waals surface area contributed by atoms with Gasteiger partial charge in [0.1, 0.15) is 6.04 Å². The molecule has 0 fully saturated rings. The highest BCUT2D eigenvalue weighted by molar-refractivity contribution is 6.35. The number of anilines is 1. The van der Waals surface area contributed by atoms with Crippen LogP contribution in [0.4, 0.5) is 5.69 Å². The van der Waals surface area contributed by atoms with Gasteiger partial charge in [0, 0.05) is 27.3 Å². The van der Waals surface area contributed by atoms with Crippen LogP contribution in [0.2, 0.25) is 10.0 Å². The molecule has 0 spiro atoms. The standard InChI is InChI=1S/C12H14Cl2N2O2/c1-15-8-5-10(12(17)18-2)16-9-4-6(13)3-7(14)11(8)9/h3-4,8,10,15-16H,5H2,1-2H3. The summed E-state index contributed by atoms with van der Waals surface area (Å²) in [4.78, 5) is 11.6. The Balaban J connectivity index is 2.42. The van der Waals surface area contributed by atoms with Crippen molar-refractivity contribution in [1.82, 2.24) is 5.32 Å². The van der Waals surface area contributed by atoms with E-state index in [-0.39, 0.29) is 12.0 Å². The van der Waals surface area contributed by atoms with Crippen LogP contribution < -0.4 is 10.6 Å².